The number of hydrogen-bond donors (Lipinski definition) is 2. The smallest absolute Gasteiger partial charge is 0.310 e. The summed E-state index contributed by atoms with van der Waals surface area (Å²) in [7, 11) is 1.58. The van der Waals surface area contributed by atoms with E-state index in [9.17, 15) is 18.4 Å². The summed E-state index contributed by atoms with van der Waals surface area (Å²) in [6.07, 6.45) is 0. The van der Waals surface area contributed by atoms with E-state index in [1.165, 1.54) is 4.57 Å². The van der Waals surface area contributed by atoms with Crippen LogP contribution in [0.3, 0.4) is 0 Å². The van der Waals surface area contributed by atoms with E-state index in [4.69, 9.17) is 11.6 Å². The summed E-state index contributed by atoms with van der Waals surface area (Å²) in [5.41, 5.74) is 1.13. The number of carbonyl (C=O) groups excluding carboxylic acids is 1. The van der Waals surface area contributed by atoms with Crippen molar-refractivity contribution in [3.8, 4) is 11.1 Å². The number of urea groups is 1. The van der Waals surface area contributed by atoms with Crippen LogP contribution in [0, 0.1) is 11.6 Å². The number of aromatic nitrogens is 1. The molecule has 0 atom stereocenters. The van der Waals surface area contributed by atoms with Gasteiger partial charge in [0.25, 0.3) is 5.56 Å². The Morgan fingerprint density at radius 3 is 2.42 bits per heavy atom. The number of carbonyl (C=O) groups is 1. The summed E-state index contributed by atoms with van der Waals surface area (Å²) in [6, 6.07) is 16.1. The number of aryl methyl sites for hydroxylation is 1. The van der Waals surface area contributed by atoms with Crippen molar-refractivity contribution < 1.29 is 13.6 Å². The van der Waals surface area contributed by atoms with Crippen LogP contribution >= 0.6 is 11.6 Å². The van der Waals surface area contributed by atoms with Crippen LogP contribution < -0.4 is 16.2 Å². The second-order valence-corrected chi connectivity index (χ2v) is 7.28. The molecule has 2 N–H and O–H groups in total. The van der Waals surface area contributed by atoms with Gasteiger partial charge in [0.2, 0.25) is 0 Å². The Bertz CT molecular complexity index is 1370. The molecule has 0 saturated heterocycles. The lowest BCUT2D eigenvalue weighted by Gasteiger charge is -2.17. The molecule has 3 aromatic carbocycles. The standard InChI is InChI=1S/C23H16ClF2N3O2/c1-29-19-10-7-14(24)11-16(19)20(13-5-3-2-4-6-13)21(22(29)30)28-23(31)27-18-9-8-15(25)12-17(18)26/h2-12H,1H3,(H2,27,28,31). The molecule has 0 spiro atoms. The lowest BCUT2D eigenvalue weighted by Crippen LogP contribution is -2.28. The molecule has 0 saturated carbocycles. The molecule has 2 amide bonds. The zero-order valence-corrected chi connectivity index (χ0v) is 17.0. The van der Waals surface area contributed by atoms with Gasteiger partial charge in [0.05, 0.1) is 11.2 Å². The van der Waals surface area contributed by atoms with Gasteiger partial charge in [0.1, 0.15) is 17.3 Å². The highest BCUT2D eigenvalue weighted by molar-refractivity contribution is 6.31. The van der Waals surface area contributed by atoms with Crippen molar-refractivity contribution in [2.24, 2.45) is 7.05 Å². The van der Waals surface area contributed by atoms with E-state index >= 15 is 0 Å². The van der Waals surface area contributed by atoms with Crippen molar-refractivity contribution in [2.45, 2.75) is 0 Å². The van der Waals surface area contributed by atoms with Crippen LogP contribution in [0.2, 0.25) is 5.02 Å². The summed E-state index contributed by atoms with van der Waals surface area (Å²) in [4.78, 5) is 25.7. The minimum Gasteiger partial charge on any atom is -0.310 e. The topological polar surface area (TPSA) is 63.1 Å². The number of anilines is 2. The first-order valence-electron chi connectivity index (χ1n) is 9.26. The number of nitrogens with one attached hydrogen (secondary N) is 2. The predicted molar refractivity (Wildman–Crippen MR) is 119 cm³/mol. The fourth-order valence-corrected chi connectivity index (χ4v) is 3.57. The second kappa shape index (κ2) is 8.20. The van der Waals surface area contributed by atoms with Crippen molar-refractivity contribution in [2.75, 3.05) is 10.6 Å². The number of amides is 2. The summed E-state index contributed by atoms with van der Waals surface area (Å²) < 4.78 is 28.4. The van der Waals surface area contributed by atoms with Gasteiger partial charge in [-0.15, -0.1) is 0 Å². The molecule has 4 aromatic rings. The normalized spacial score (nSPS) is 10.8. The molecule has 0 unspecified atom stereocenters. The van der Waals surface area contributed by atoms with Gasteiger partial charge in [-0.3, -0.25) is 4.79 Å². The van der Waals surface area contributed by atoms with E-state index in [1.54, 1.807) is 49.5 Å². The van der Waals surface area contributed by atoms with Crippen LogP contribution in [0.15, 0.2) is 71.5 Å². The third-order valence-corrected chi connectivity index (χ3v) is 5.07. The van der Waals surface area contributed by atoms with Crippen LogP contribution in [-0.2, 0) is 7.05 Å². The molecule has 4 rings (SSSR count). The van der Waals surface area contributed by atoms with Crippen LogP contribution in [-0.4, -0.2) is 10.6 Å². The van der Waals surface area contributed by atoms with Gasteiger partial charge in [-0.25, -0.2) is 13.6 Å². The Balaban J connectivity index is 1.86. The van der Waals surface area contributed by atoms with E-state index < -0.39 is 23.2 Å². The summed E-state index contributed by atoms with van der Waals surface area (Å²) >= 11 is 6.21. The Morgan fingerprint density at radius 1 is 0.968 bits per heavy atom. The predicted octanol–water partition coefficient (Wildman–Crippen LogP) is 5.78. The van der Waals surface area contributed by atoms with Gasteiger partial charge < -0.3 is 15.2 Å². The van der Waals surface area contributed by atoms with Crippen molar-refractivity contribution in [3.63, 3.8) is 0 Å². The number of fused-ring (bicyclic) bond motifs is 1. The van der Waals surface area contributed by atoms with Gasteiger partial charge in [-0.1, -0.05) is 41.9 Å². The molecule has 8 heteroatoms. The number of pyridine rings is 1. The van der Waals surface area contributed by atoms with Crippen molar-refractivity contribution in [1.82, 2.24) is 4.57 Å². The molecular weight excluding hydrogens is 424 g/mol. The lowest BCUT2D eigenvalue weighted by atomic mass is 9.99. The molecule has 0 aliphatic carbocycles. The Hall–Kier alpha value is -3.71. The first kappa shape index (κ1) is 20.6. The van der Waals surface area contributed by atoms with Crippen LogP contribution in [0.1, 0.15) is 0 Å². The Kier molecular flexibility index (Phi) is 5.44. The summed E-state index contributed by atoms with van der Waals surface area (Å²) in [5.74, 6) is -1.70. The van der Waals surface area contributed by atoms with Crippen molar-refractivity contribution in [3.05, 3.63) is 93.7 Å². The van der Waals surface area contributed by atoms with E-state index in [-0.39, 0.29) is 11.4 Å². The molecule has 1 heterocycles. The van der Waals surface area contributed by atoms with Crippen LogP contribution in [0.4, 0.5) is 25.0 Å². The number of benzene rings is 3. The summed E-state index contributed by atoms with van der Waals surface area (Å²) in [5, 5.41) is 5.96. The highest BCUT2D eigenvalue weighted by atomic mass is 35.5. The molecule has 1 aromatic heterocycles. The van der Waals surface area contributed by atoms with E-state index in [0.717, 1.165) is 12.1 Å². The molecule has 0 fully saturated rings. The van der Waals surface area contributed by atoms with Crippen LogP contribution in [0.5, 0.6) is 0 Å². The van der Waals surface area contributed by atoms with E-state index in [1.807, 2.05) is 6.07 Å². The minimum absolute atomic E-state index is 0.00323. The first-order chi connectivity index (χ1) is 14.8. The zero-order valence-electron chi connectivity index (χ0n) is 16.2. The third-order valence-electron chi connectivity index (χ3n) is 4.84. The largest absolute Gasteiger partial charge is 0.323 e. The third kappa shape index (κ3) is 4.00. The Labute approximate surface area is 180 Å². The van der Waals surface area contributed by atoms with Crippen molar-refractivity contribution >= 4 is 39.9 Å². The molecule has 0 aliphatic heterocycles. The second-order valence-electron chi connectivity index (χ2n) is 6.84. The number of nitrogens with zero attached hydrogens (tertiary/aromatic N) is 1. The molecular formula is C23H16ClF2N3O2. The lowest BCUT2D eigenvalue weighted by molar-refractivity contribution is 0.262. The zero-order chi connectivity index (χ0) is 22.1. The summed E-state index contributed by atoms with van der Waals surface area (Å²) in [6.45, 7) is 0. The van der Waals surface area contributed by atoms with E-state index in [0.29, 0.717) is 33.1 Å². The molecule has 156 valence electrons. The number of halogens is 3. The van der Waals surface area contributed by atoms with E-state index in [2.05, 4.69) is 10.6 Å². The molecule has 0 aliphatic rings. The molecule has 0 radical (unpaired) electrons. The maximum Gasteiger partial charge on any atom is 0.323 e. The fourth-order valence-electron chi connectivity index (χ4n) is 3.40. The molecule has 31 heavy (non-hydrogen) atoms. The highest BCUT2D eigenvalue weighted by Gasteiger charge is 2.19. The number of rotatable bonds is 3. The van der Waals surface area contributed by atoms with Gasteiger partial charge in [0, 0.05) is 29.1 Å². The minimum atomic E-state index is -0.934. The maximum atomic E-state index is 13.9. The van der Waals surface area contributed by atoms with Gasteiger partial charge >= 0.3 is 6.03 Å². The average Bonchev–Trinajstić information content (AvgIpc) is 2.74. The Morgan fingerprint density at radius 2 is 1.71 bits per heavy atom. The molecule has 5 nitrogen and oxygen atoms in total. The average molecular weight is 440 g/mol. The first-order valence-corrected chi connectivity index (χ1v) is 9.63. The monoisotopic (exact) mass is 439 g/mol. The maximum absolute atomic E-state index is 13.9. The fraction of sp³-hybridized carbons (Fsp3) is 0.0435. The van der Waals surface area contributed by atoms with Gasteiger partial charge in [0.15, 0.2) is 0 Å². The molecule has 0 bridgehead atoms. The number of hydrogen-bond acceptors (Lipinski definition) is 2. The van der Waals surface area contributed by atoms with Crippen molar-refractivity contribution in [1.29, 1.82) is 0 Å². The van der Waals surface area contributed by atoms with Gasteiger partial charge in [-0.2, -0.15) is 0 Å². The van der Waals surface area contributed by atoms with Crippen LogP contribution in [0.25, 0.3) is 22.0 Å². The van der Waals surface area contributed by atoms with Gasteiger partial charge in [-0.05, 0) is 35.9 Å². The SMILES string of the molecule is Cn1c(=O)c(NC(=O)Nc2ccc(F)cc2F)c(-c2ccccc2)c2cc(Cl)ccc21. The highest BCUT2D eigenvalue weighted by Crippen LogP contribution is 2.34. The quantitative estimate of drug-likeness (QED) is 0.425.